The van der Waals surface area contributed by atoms with Crippen LogP contribution in [0.1, 0.15) is 29.0 Å². The Morgan fingerprint density at radius 3 is 2.88 bits per heavy atom. The summed E-state index contributed by atoms with van der Waals surface area (Å²) in [4.78, 5) is 12.2. The van der Waals surface area contributed by atoms with E-state index in [1.54, 1.807) is 43.1 Å². The normalized spacial score (nSPS) is 16.6. The summed E-state index contributed by atoms with van der Waals surface area (Å²) in [5, 5.41) is 12.3. The molecule has 1 aliphatic rings. The zero-order valence-corrected chi connectivity index (χ0v) is 15.9. The molecule has 0 saturated carbocycles. The number of nitrogens with one attached hydrogen (secondary N) is 1. The average molecular weight is 376 g/mol. The van der Waals surface area contributed by atoms with E-state index in [1.807, 2.05) is 11.6 Å². The molecule has 8 heteroatoms. The van der Waals surface area contributed by atoms with E-state index in [0.29, 0.717) is 24.6 Å². The second-order valence-electron chi connectivity index (χ2n) is 6.14. The van der Waals surface area contributed by atoms with Crippen molar-refractivity contribution in [2.24, 2.45) is 7.05 Å². The highest BCUT2D eigenvalue weighted by Crippen LogP contribution is 2.22. The molecular formula is C18H24N4O3S. The van der Waals surface area contributed by atoms with Crippen LogP contribution in [0.5, 0.6) is 5.75 Å². The summed E-state index contributed by atoms with van der Waals surface area (Å²) < 4.78 is 12.7. The third kappa shape index (κ3) is 4.76. The van der Waals surface area contributed by atoms with Gasteiger partial charge in [-0.2, -0.15) is 0 Å². The summed E-state index contributed by atoms with van der Waals surface area (Å²) in [6, 6.07) is 7.04. The third-order valence-electron chi connectivity index (χ3n) is 4.33. The molecule has 26 heavy (non-hydrogen) atoms. The molecule has 140 valence electrons. The van der Waals surface area contributed by atoms with Crippen molar-refractivity contribution in [1.29, 1.82) is 0 Å². The highest BCUT2D eigenvalue weighted by molar-refractivity contribution is 7.99. The van der Waals surface area contributed by atoms with E-state index < -0.39 is 0 Å². The first-order valence-corrected chi connectivity index (χ1v) is 9.71. The van der Waals surface area contributed by atoms with E-state index >= 15 is 0 Å². The fourth-order valence-corrected chi connectivity index (χ4v) is 3.76. The summed E-state index contributed by atoms with van der Waals surface area (Å²) in [5.41, 5.74) is 0.608. The Labute approximate surface area is 157 Å². The first-order chi connectivity index (χ1) is 12.7. The lowest BCUT2D eigenvalue weighted by Gasteiger charge is -2.09. The lowest BCUT2D eigenvalue weighted by atomic mass is 10.2. The van der Waals surface area contributed by atoms with Gasteiger partial charge in [-0.25, -0.2) is 0 Å². The Bertz CT molecular complexity index is 727. The van der Waals surface area contributed by atoms with Gasteiger partial charge in [0.25, 0.3) is 5.91 Å². The molecule has 1 atom stereocenters. The SMILES string of the molecule is COc1ccc(C(=O)NCCc2nnc(SC[C@H]3CCCO3)n2C)cc1. The van der Waals surface area contributed by atoms with Crippen molar-refractivity contribution in [1.82, 2.24) is 20.1 Å². The number of rotatable bonds is 8. The van der Waals surface area contributed by atoms with E-state index in [-0.39, 0.29) is 5.91 Å². The zero-order valence-electron chi connectivity index (χ0n) is 15.1. The average Bonchev–Trinajstić information content (AvgIpc) is 3.30. The zero-order chi connectivity index (χ0) is 18.4. The van der Waals surface area contributed by atoms with Gasteiger partial charge in [0.2, 0.25) is 0 Å². The molecule has 1 amide bonds. The number of methoxy groups -OCH3 is 1. The number of benzene rings is 1. The van der Waals surface area contributed by atoms with Crippen LogP contribution in [0.2, 0.25) is 0 Å². The number of aromatic nitrogens is 3. The van der Waals surface area contributed by atoms with Crippen LogP contribution < -0.4 is 10.1 Å². The lowest BCUT2D eigenvalue weighted by Crippen LogP contribution is -2.26. The predicted octanol–water partition coefficient (Wildman–Crippen LogP) is 2.07. The maximum Gasteiger partial charge on any atom is 0.251 e. The Morgan fingerprint density at radius 2 is 2.19 bits per heavy atom. The standard InChI is InChI=1S/C18H24N4O3S/c1-22-16(20-21-18(22)26-12-15-4-3-11-25-15)9-10-19-17(23)13-5-7-14(24-2)8-6-13/h5-8,15H,3-4,9-12H2,1-2H3,(H,19,23)/t15-/m1/s1. The van der Waals surface area contributed by atoms with E-state index in [4.69, 9.17) is 9.47 Å². The van der Waals surface area contributed by atoms with Crippen LogP contribution in [0, 0.1) is 0 Å². The Kier molecular flexibility index (Phi) is 6.51. The maximum absolute atomic E-state index is 12.2. The van der Waals surface area contributed by atoms with Crippen LogP contribution in [0.4, 0.5) is 0 Å². The number of nitrogens with zero attached hydrogens (tertiary/aromatic N) is 3. The first kappa shape index (κ1) is 18.7. The first-order valence-electron chi connectivity index (χ1n) is 8.72. The third-order valence-corrected chi connectivity index (χ3v) is 5.49. The second kappa shape index (κ2) is 9.05. The minimum atomic E-state index is -0.109. The molecule has 0 spiro atoms. The van der Waals surface area contributed by atoms with Crippen LogP contribution in [0.3, 0.4) is 0 Å². The highest BCUT2D eigenvalue weighted by atomic mass is 32.2. The van der Waals surface area contributed by atoms with Gasteiger partial charge in [0.05, 0.1) is 13.2 Å². The van der Waals surface area contributed by atoms with Crippen molar-refractivity contribution in [2.75, 3.05) is 26.0 Å². The maximum atomic E-state index is 12.2. The van der Waals surface area contributed by atoms with Gasteiger partial charge in [0.1, 0.15) is 11.6 Å². The summed E-state index contributed by atoms with van der Waals surface area (Å²) in [6.07, 6.45) is 3.22. The quantitative estimate of drug-likeness (QED) is 0.711. The van der Waals surface area contributed by atoms with Crippen LogP contribution in [-0.2, 0) is 18.2 Å². The molecule has 7 nitrogen and oxygen atoms in total. The van der Waals surface area contributed by atoms with Gasteiger partial charge in [-0.1, -0.05) is 11.8 Å². The Hall–Kier alpha value is -2.06. The second-order valence-corrected chi connectivity index (χ2v) is 7.13. The van der Waals surface area contributed by atoms with Crippen LogP contribution in [0.15, 0.2) is 29.4 Å². The van der Waals surface area contributed by atoms with Gasteiger partial charge in [-0.3, -0.25) is 4.79 Å². The highest BCUT2D eigenvalue weighted by Gasteiger charge is 2.18. The largest absolute Gasteiger partial charge is 0.497 e. The summed E-state index contributed by atoms with van der Waals surface area (Å²) in [6.45, 7) is 1.37. The Morgan fingerprint density at radius 1 is 1.38 bits per heavy atom. The van der Waals surface area contributed by atoms with Gasteiger partial charge in [-0.05, 0) is 37.1 Å². The fourth-order valence-electron chi connectivity index (χ4n) is 2.76. The van der Waals surface area contributed by atoms with Crippen molar-refractivity contribution in [3.05, 3.63) is 35.7 Å². The minimum Gasteiger partial charge on any atom is -0.497 e. The van der Waals surface area contributed by atoms with Crippen LogP contribution in [-0.4, -0.2) is 52.8 Å². The van der Waals surface area contributed by atoms with E-state index in [0.717, 1.165) is 41.9 Å². The fraction of sp³-hybridized carbons (Fsp3) is 0.500. The molecule has 1 saturated heterocycles. The van der Waals surface area contributed by atoms with Gasteiger partial charge >= 0.3 is 0 Å². The molecule has 0 unspecified atom stereocenters. The van der Waals surface area contributed by atoms with Crippen LogP contribution in [0.25, 0.3) is 0 Å². The summed E-state index contributed by atoms with van der Waals surface area (Å²) in [5.74, 6) is 2.38. The number of hydrogen-bond donors (Lipinski definition) is 1. The molecule has 1 aliphatic heterocycles. The monoisotopic (exact) mass is 376 g/mol. The lowest BCUT2D eigenvalue weighted by molar-refractivity contribution is 0.0954. The van der Waals surface area contributed by atoms with Crippen molar-refractivity contribution < 1.29 is 14.3 Å². The molecule has 2 aromatic rings. The number of hydrogen-bond acceptors (Lipinski definition) is 6. The van der Waals surface area contributed by atoms with Crippen molar-refractivity contribution in [2.45, 2.75) is 30.5 Å². The number of carbonyl (C=O) groups is 1. The molecule has 1 N–H and O–H groups in total. The topological polar surface area (TPSA) is 78.3 Å². The number of thioether (sulfide) groups is 1. The molecule has 0 aliphatic carbocycles. The van der Waals surface area contributed by atoms with Crippen molar-refractivity contribution >= 4 is 17.7 Å². The molecule has 3 rings (SSSR count). The van der Waals surface area contributed by atoms with E-state index in [9.17, 15) is 4.79 Å². The molecule has 2 heterocycles. The summed E-state index contributed by atoms with van der Waals surface area (Å²) >= 11 is 1.67. The molecular weight excluding hydrogens is 352 g/mol. The van der Waals surface area contributed by atoms with Gasteiger partial charge < -0.3 is 19.4 Å². The van der Waals surface area contributed by atoms with E-state index in [2.05, 4.69) is 15.5 Å². The van der Waals surface area contributed by atoms with Gasteiger partial charge in [-0.15, -0.1) is 10.2 Å². The van der Waals surface area contributed by atoms with Gasteiger partial charge in [0.15, 0.2) is 5.16 Å². The van der Waals surface area contributed by atoms with Crippen LogP contribution >= 0.6 is 11.8 Å². The minimum absolute atomic E-state index is 0.109. The number of ether oxygens (including phenoxy) is 2. The Balaban J connectivity index is 1.46. The molecule has 0 radical (unpaired) electrons. The molecule has 1 fully saturated rings. The van der Waals surface area contributed by atoms with Gasteiger partial charge in [0, 0.05) is 37.9 Å². The predicted molar refractivity (Wildman–Crippen MR) is 99.7 cm³/mol. The number of carbonyl (C=O) groups excluding carboxylic acids is 1. The smallest absolute Gasteiger partial charge is 0.251 e. The number of amides is 1. The molecule has 1 aromatic heterocycles. The molecule has 1 aromatic carbocycles. The van der Waals surface area contributed by atoms with Crippen molar-refractivity contribution in [3.8, 4) is 5.75 Å². The van der Waals surface area contributed by atoms with Crippen molar-refractivity contribution in [3.63, 3.8) is 0 Å². The summed E-state index contributed by atoms with van der Waals surface area (Å²) in [7, 11) is 3.56. The van der Waals surface area contributed by atoms with E-state index in [1.165, 1.54) is 0 Å². The molecule has 0 bridgehead atoms.